The molecule has 4 aromatic carbocycles. The summed E-state index contributed by atoms with van der Waals surface area (Å²) >= 11 is 0. The number of anilines is 2. The maximum Gasteiger partial charge on any atom is 0.296 e. The highest BCUT2D eigenvalue weighted by Gasteiger charge is 2.22. The minimum absolute atomic E-state index is 0.0518. The molecule has 0 aliphatic rings. The first kappa shape index (κ1) is 26.0. The normalized spacial score (nSPS) is 12.5. The smallest absolute Gasteiger partial charge is 0.296 e. The fourth-order valence-electron chi connectivity index (χ4n) is 3.64. The van der Waals surface area contributed by atoms with Crippen molar-refractivity contribution in [1.29, 1.82) is 0 Å². The molecule has 0 aliphatic heterocycles. The molecule has 0 unspecified atom stereocenters. The first-order valence-corrected chi connectivity index (χ1v) is 13.6. The van der Waals surface area contributed by atoms with Gasteiger partial charge in [-0.15, -0.1) is 5.11 Å². The molecule has 0 spiro atoms. The van der Waals surface area contributed by atoms with Gasteiger partial charge in [0.2, 0.25) is 0 Å². The molecule has 0 saturated heterocycles. The lowest BCUT2D eigenvalue weighted by Crippen LogP contribution is -2.00. The average molecular weight is 540 g/mol. The Morgan fingerprint density at radius 2 is 1.49 bits per heavy atom. The molecule has 0 radical (unpaired) electrons. The number of hydrogen-bond acceptors (Lipinski definition) is 8. The third-order valence-electron chi connectivity index (χ3n) is 5.28. The second kappa shape index (κ2) is 10.1. The first-order valence-electron chi connectivity index (χ1n) is 10.7. The zero-order chi connectivity index (χ0) is 26.8. The van der Waals surface area contributed by atoms with Crippen LogP contribution in [0.3, 0.4) is 0 Å². The van der Waals surface area contributed by atoms with Gasteiger partial charge in [0, 0.05) is 16.8 Å². The number of nitrogens with one attached hydrogen (secondary N) is 1. The Balaban J connectivity index is 1.82. The molecule has 0 bridgehead atoms. The van der Waals surface area contributed by atoms with Gasteiger partial charge in [-0.05, 0) is 66.4 Å². The highest BCUT2D eigenvalue weighted by atomic mass is 32.2. The van der Waals surface area contributed by atoms with Gasteiger partial charge in [-0.1, -0.05) is 36.4 Å². The summed E-state index contributed by atoms with van der Waals surface area (Å²) in [6.07, 6.45) is 3.05. The molecule has 0 heterocycles. The number of rotatable bonds is 7. The van der Waals surface area contributed by atoms with Crippen molar-refractivity contribution in [3.8, 4) is 5.75 Å². The summed E-state index contributed by atoms with van der Waals surface area (Å²) in [4.78, 5) is -1.13. The molecule has 12 heteroatoms. The van der Waals surface area contributed by atoms with Crippen molar-refractivity contribution < 1.29 is 31.0 Å². The molecule has 4 aromatic rings. The van der Waals surface area contributed by atoms with Gasteiger partial charge in [0.1, 0.15) is 15.5 Å². The number of phenolic OH excluding ortho intramolecular Hbond substituents is 1. The Hall–Kier alpha value is -4.10. The number of allylic oxidation sites excluding steroid dienone is 1. The molecule has 0 saturated carbocycles. The molecule has 0 fully saturated rings. The zero-order valence-electron chi connectivity index (χ0n) is 19.3. The molecular weight excluding hydrogens is 518 g/mol. The van der Waals surface area contributed by atoms with E-state index < -0.39 is 41.5 Å². The van der Waals surface area contributed by atoms with Gasteiger partial charge in [0.15, 0.2) is 5.75 Å². The Kier molecular flexibility index (Phi) is 7.09. The quantitative estimate of drug-likeness (QED) is 0.158. The van der Waals surface area contributed by atoms with Crippen molar-refractivity contribution >= 4 is 59.8 Å². The molecule has 0 aliphatic carbocycles. The Morgan fingerprint density at radius 3 is 2.14 bits per heavy atom. The van der Waals surface area contributed by atoms with Gasteiger partial charge in [0.25, 0.3) is 20.2 Å². The van der Waals surface area contributed by atoms with Crippen LogP contribution >= 0.6 is 0 Å². The number of azo groups is 1. The summed E-state index contributed by atoms with van der Waals surface area (Å²) in [6, 6.07) is 19.0. The van der Waals surface area contributed by atoms with Crippen LogP contribution in [-0.2, 0) is 20.2 Å². The third-order valence-corrected chi connectivity index (χ3v) is 7.05. The summed E-state index contributed by atoms with van der Waals surface area (Å²) < 4.78 is 67.2. The highest BCUT2D eigenvalue weighted by Crippen LogP contribution is 2.42. The molecule has 10 nitrogen and oxygen atoms in total. The lowest BCUT2D eigenvalue weighted by atomic mass is 10.1. The topological polar surface area (TPSA) is 166 Å². The molecule has 0 atom stereocenters. The second-order valence-electron chi connectivity index (χ2n) is 7.87. The standard InChI is InChI=1S/C25H21N3O7S2/c1-2-6-16-9-10-20(15-22(16)36(30,31)32)27-28-24-23(37(33,34)35)14-17-13-19(11-12-21(17)25(24)29)26-18-7-4-3-5-8-18/h2-15,26,29H,1H3,(H,30,31,32)(H,33,34,35)/b6-2+,28-27?. The van der Waals surface area contributed by atoms with Crippen molar-refractivity contribution in [2.45, 2.75) is 16.7 Å². The maximum absolute atomic E-state index is 12.1. The number of para-hydroxylation sites is 1. The van der Waals surface area contributed by atoms with Crippen LogP contribution in [0.2, 0.25) is 0 Å². The fourth-order valence-corrected chi connectivity index (χ4v) is 5.01. The molecule has 190 valence electrons. The van der Waals surface area contributed by atoms with Crippen LogP contribution in [0.15, 0.2) is 98.9 Å². The fraction of sp³-hybridized carbons (Fsp3) is 0.0400. The third kappa shape index (κ3) is 5.84. The van der Waals surface area contributed by atoms with E-state index in [1.54, 1.807) is 31.2 Å². The zero-order valence-corrected chi connectivity index (χ0v) is 20.9. The van der Waals surface area contributed by atoms with E-state index in [9.17, 15) is 31.0 Å². The van der Waals surface area contributed by atoms with Crippen LogP contribution in [-0.4, -0.2) is 31.0 Å². The number of aromatic hydroxyl groups is 1. The van der Waals surface area contributed by atoms with Gasteiger partial charge in [-0.2, -0.15) is 21.9 Å². The second-order valence-corrected chi connectivity index (χ2v) is 10.7. The van der Waals surface area contributed by atoms with Crippen LogP contribution in [0.25, 0.3) is 16.8 Å². The molecule has 37 heavy (non-hydrogen) atoms. The lowest BCUT2D eigenvalue weighted by Gasteiger charge is -2.11. The maximum atomic E-state index is 12.1. The predicted octanol–water partition coefficient (Wildman–Crippen LogP) is 6.23. The summed E-state index contributed by atoms with van der Waals surface area (Å²) in [5.74, 6) is -0.555. The Morgan fingerprint density at radius 1 is 0.784 bits per heavy atom. The van der Waals surface area contributed by atoms with Crippen molar-refractivity contribution in [2.75, 3.05) is 5.32 Å². The van der Waals surface area contributed by atoms with E-state index in [4.69, 9.17) is 0 Å². The largest absolute Gasteiger partial charge is 0.505 e. The van der Waals surface area contributed by atoms with Crippen LogP contribution in [0.5, 0.6) is 5.75 Å². The number of benzene rings is 4. The van der Waals surface area contributed by atoms with E-state index in [0.29, 0.717) is 11.1 Å². The summed E-state index contributed by atoms with van der Waals surface area (Å²) in [5, 5.41) is 22.2. The van der Waals surface area contributed by atoms with E-state index >= 15 is 0 Å². The average Bonchev–Trinajstić information content (AvgIpc) is 2.83. The van der Waals surface area contributed by atoms with Crippen LogP contribution < -0.4 is 5.32 Å². The SMILES string of the molecule is C/C=C/c1ccc(N=Nc2c(S(=O)(=O)O)cc3cc(Nc4ccccc4)ccc3c2O)cc1S(=O)(=O)O. The van der Waals surface area contributed by atoms with Crippen LogP contribution in [0, 0.1) is 0 Å². The van der Waals surface area contributed by atoms with Gasteiger partial charge in [0.05, 0.1) is 5.69 Å². The van der Waals surface area contributed by atoms with Crippen LogP contribution in [0.4, 0.5) is 22.7 Å². The molecule has 4 rings (SSSR count). The van der Waals surface area contributed by atoms with Crippen molar-refractivity contribution in [2.24, 2.45) is 10.2 Å². The number of hydrogen-bond donors (Lipinski definition) is 4. The first-order chi connectivity index (χ1) is 17.5. The summed E-state index contributed by atoms with van der Waals surface area (Å²) in [5.41, 5.74) is 1.01. The minimum Gasteiger partial charge on any atom is -0.505 e. The number of fused-ring (bicyclic) bond motifs is 1. The molecule has 0 amide bonds. The van der Waals surface area contributed by atoms with E-state index in [1.165, 1.54) is 18.2 Å². The van der Waals surface area contributed by atoms with Crippen molar-refractivity contribution in [3.05, 3.63) is 84.4 Å². The highest BCUT2D eigenvalue weighted by molar-refractivity contribution is 7.86. The van der Waals surface area contributed by atoms with E-state index in [2.05, 4.69) is 15.5 Å². The monoisotopic (exact) mass is 539 g/mol. The number of nitrogens with zero attached hydrogens (tertiary/aromatic N) is 2. The predicted molar refractivity (Wildman–Crippen MR) is 140 cm³/mol. The Labute approximate surface area is 213 Å². The van der Waals surface area contributed by atoms with E-state index in [0.717, 1.165) is 17.8 Å². The summed E-state index contributed by atoms with van der Waals surface area (Å²) in [7, 11) is -9.45. The van der Waals surface area contributed by atoms with Crippen molar-refractivity contribution in [3.63, 3.8) is 0 Å². The molecule has 0 aromatic heterocycles. The molecular formula is C25H21N3O7S2. The minimum atomic E-state index is -4.85. The van der Waals surface area contributed by atoms with Gasteiger partial charge >= 0.3 is 0 Å². The van der Waals surface area contributed by atoms with Gasteiger partial charge < -0.3 is 10.4 Å². The van der Waals surface area contributed by atoms with Crippen LogP contribution in [0.1, 0.15) is 12.5 Å². The lowest BCUT2D eigenvalue weighted by molar-refractivity contribution is 0.472. The Bertz CT molecular complexity index is 1770. The number of phenols is 1. The summed E-state index contributed by atoms with van der Waals surface area (Å²) in [6.45, 7) is 1.67. The van der Waals surface area contributed by atoms with Gasteiger partial charge in [-0.25, -0.2) is 0 Å². The van der Waals surface area contributed by atoms with E-state index in [-0.39, 0.29) is 16.6 Å². The van der Waals surface area contributed by atoms with Crippen molar-refractivity contribution in [1.82, 2.24) is 0 Å². The van der Waals surface area contributed by atoms with Gasteiger partial charge in [-0.3, -0.25) is 9.11 Å². The van der Waals surface area contributed by atoms with E-state index in [1.807, 2.05) is 30.3 Å². The molecule has 4 N–H and O–H groups in total.